The van der Waals surface area contributed by atoms with Crippen molar-refractivity contribution in [1.82, 2.24) is 15.1 Å². The zero-order valence-corrected chi connectivity index (χ0v) is 15.1. The van der Waals surface area contributed by atoms with E-state index in [2.05, 4.69) is 17.3 Å². The zero-order valence-electron chi connectivity index (χ0n) is 15.1. The van der Waals surface area contributed by atoms with E-state index in [1.807, 2.05) is 23.1 Å². The molecule has 0 bridgehead atoms. The normalized spacial score (nSPS) is 25.9. The molecule has 1 aromatic carbocycles. The number of rotatable bonds is 2. The molecule has 7 heteroatoms. The van der Waals surface area contributed by atoms with Crippen LogP contribution in [0.5, 0.6) is 11.5 Å². The van der Waals surface area contributed by atoms with Crippen LogP contribution in [0.25, 0.3) is 0 Å². The van der Waals surface area contributed by atoms with Crippen molar-refractivity contribution in [3.63, 3.8) is 0 Å². The highest BCUT2D eigenvalue weighted by Gasteiger charge is 2.42. The van der Waals surface area contributed by atoms with Gasteiger partial charge in [0, 0.05) is 38.1 Å². The third-order valence-electron chi connectivity index (χ3n) is 5.88. The van der Waals surface area contributed by atoms with E-state index in [-0.39, 0.29) is 24.1 Å². The minimum absolute atomic E-state index is 0.109. The molecular formula is C19H25N3O4. The predicted octanol–water partition coefficient (Wildman–Crippen LogP) is 0.771. The average Bonchev–Trinajstić information content (AvgIpc) is 3.01. The minimum atomic E-state index is -0.109. The summed E-state index contributed by atoms with van der Waals surface area (Å²) in [4.78, 5) is 28.9. The van der Waals surface area contributed by atoms with Gasteiger partial charge < -0.3 is 19.7 Å². The molecule has 1 N–H and O–H groups in total. The highest BCUT2D eigenvalue weighted by molar-refractivity contribution is 5.79. The van der Waals surface area contributed by atoms with Crippen LogP contribution in [-0.4, -0.2) is 67.2 Å². The second kappa shape index (κ2) is 6.79. The molecule has 4 rings (SSSR count). The van der Waals surface area contributed by atoms with E-state index in [9.17, 15) is 9.59 Å². The molecule has 2 amide bonds. The van der Waals surface area contributed by atoms with Crippen LogP contribution in [-0.2, 0) is 16.0 Å². The smallest absolute Gasteiger partial charge is 0.231 e. The number of fused-ring (bicyclic) bond motifs is 1. The van der Waals surface area contributed by atoms with Gasteiger partial charge in [-0.2, -0.15) is 0 Å². The van der Waals surface area contributed by atoms with E-state index in [1.165, 1.54) is 0 Å². The summed E-state index contributed by atoms with van der Waals surface area (Å²) in [5, 5.41) is 2.95. The molecule has 1 atom stereocenters. The highest BCUT2D eigenvalue weighted by Crippen LogP contribution is 2.33. The lowest BCUT2D eigenvalue weighted by Crippen LogP contribution is -2.62. The van der Waals surface area contributed by atoms with Crippen LogP contribution >= 0.6 is 0 Å². The average molecular weight is 359 g/mol. The quantitative estimate of drug-likeness (QED) is 0.845. The largest absolute Gasteiger partial charge is 0.454 e. The van der Waals surface area contributed by atoms with E-state index < -0.39 is 0 Å². The van der Waals surface area contributed by atoms with Crippen molar-refractivity contribution in [1.29, 1.82) is 0 Å². The number of nitrogens with zero attached hydrogens (tertiary/aromatic N) is 2. The van der Waals surface area contributed by atoms with Gasteiger partial charge in [-0.3, -0.25) is 14.5 Å². The number of nitrogens with one attached hydrogen (secondary N) is 1. The van der Waals surface area contributed by atoms with Crippen LogP contribution in [0.2, 0.25) is 0 Å². The second-order valence-electron chi connectivity index (χ2n) is 7.43. The second-order valence-corrected chi connectivity index (χ2v) is 7.43. The van der Waals surface area contributed by atoms with E-state index in [0.717, 1.165) is 37.2 Å². The molecule has 2 saturated heterocycles. The van der Waals surface area contributed by atoms with Gasteiger partial charge in [0.05, 0.1) is 6.42 Å². The maximum Gasteiger partial charge on any atom is 0.231 e. The number of piperazine rings is 1. The molecule has 3 aliphatic rings. The van der Waals surface area contributed by atoms with Gasteiger partial charge >= 0.3 is 0 Å². The summed E-state index contributed by atoms with van der Waals surface area (Å²) in [6, 6.07) is 5.67. The summed E-state index contributed by atoms with van der Waals surface area (Å²) in [5.41, 5.74) is 0.826. The van der Waals surface area contributed by atoms with Gasteiger partial charge in [0.25, 0.3) is 0 Å². The van der Waals surface area contributed by atoms with Crippen molar-refractivity contribution in [2.45, 2.75) is 31.2 Å². The molecule has 0 aromatic heterocycles. The zero-order chi connectivity index (χ0) is 18.1. The number of likely N-dealkylation sites (N-methyl/N-ethyl adjacent to an activating group) is 1. The van der Waals surface area contributed by atoms with Crippen LogP contribution in [0, 0.1) is 0 Å². The molecule has 7 nitrogen and oxygen atoms in total. The topological polar surface area (TPSA) is 71.1 Å². The third kappa shape index (κ3) is 3.23. The molecule has 1 unspecified atom stereocenters. The van der Waals surface area contributed by atoms with Crippen LogP contribution < -0.4 is 14.8 Å². The fraction of sp³-hybridized carbons (Fsp3) is 0.579. The van der Waals surface area contributed by atoms with Crippen molar-refractivity contribution < 1.29 is 19.1 Å². The summed E-state index contributed by atoms with van der Waals surface area (Å²) in [6.07, 6.45) is 2.55. The van der Waals surface area contributed by atoms with Crippen molar-refractivity contribution in [3.8, 4) is 11.5 Å². The maximum absolute atomic E-state index is 12.9. The Kier molecular flexibility index (Phi) is 4.48. The number of amides is 2. The Bertz CT molecular complexity index is 723. The van der Waals surface area contributed by atoms with E-state index >= 15 is 0 Å². The van der Waals surface area contributed by atoms with Crippen LogP contribution in [0.3, 0.4) is 0 Å². The Morgan fingerprint density at radius 3 is 2.96 bits per heavy atom. The molecule has 0 saturated carbocycles. The van der Waals surface area contributed by atoms with E-state index in [0.29, 0.717) is 31.7 Å². The van der Waals surface area contributed by atoms with Gasteiger partial charge in [0.2, 0.25) is 18.6 Å². The molecule has 1 spiro atoms. The maximum atomic E-state index is 12.9. The SMILES string of the molecule is CN1CCN(C(=O)Cc2ccc3c(c2)OCO3)CC12CCNC(=O)CC2. The summed E-state index contributed by atoms with van der Waals surface area (Å²) in [7, 11) is 2.11. The van der Waals surface area contributed by atoms with Crippen molar-refractivity contribution in [3.05, 3.63) is 23.8 Å². The molecular weight excluding hydrogens is 334 g/mol. The Balaban J connectivity index is 1.45. The Labute approximate surface area is 153 Å². The van der Waals surface area contributed by atoms with Gasteiger partial charge in [0.15, 0.2) is 11.5 Å². The van der Waals surface area contributed by atoms with E-state index in [4.69, 9.17) is 9.47 Å². The Morgan fingerprint density at radius 1 is 1.23 bits per heavy atom. The molecule has 0 aliphatic carbocycles. The van der Waals surface area contributed by atoms with Crippen LogP contribution in [0.1, 0.15) is 24.8 Å². The monoisotopic (exact) mass is 359 g/mol. The predicted molar refractivity (Wildman–Crippen MR) is 95.1 cm³/mol. The first-order valence-corrected chi connectivity index (χ1v) is 9.20. The van der Waals surface area contributed by atoms with Gasteiger partial charge in [-0.15, -0.1) is 0 Å². The number of ether oxygens (including phenoxy) is 2. The number of benzene rings is 1. The summed E-state index contributed by atoms with van der Waals surface area (Å²) < 4.78 is 10.7. The number of carbonyl (C=O) groups excluding carboxylic acids is 2. The summed E-state index contributed by atoms with van der Waals surface area (Å²) in [5.74, 6) is 1.67. The van der Waals surface area contributed by atoms with Gasteiger partial charge in [0.1, 0.15) is 0 Å². The first kappa shape index (κ1) is 17.1. The fourth-order valence-electron chi connectivity index (χ4n) is 4.15. The minimum Gasteiger partial charge on any atom is -0.454 e. The molecule has 0 radical (unpaired) electrons. The highest BCUT2D eigenvalue weighted by atomic mass is 16.7. The molecule has 2 fully saturated rings. The first-order valence-electron chi connectivity index (χ1n) is 9.20. The molecule has 140 valence electrons. The molecule has 26 heavy (non-hydrogen) atoms. The van der Waals surface area contributed by atoms with Crippen LogP contribution in [0.4, 0.5) is 0 Å². The van der Waals surface area contributed by atoms with Crippen molar-refractivity contribution in [2.75, 3.05) is 40.0 Å². The number of hydrogen-bond donors (Lipinski definition) is 1. The van der Waals surface area contributed by atoms with Gasteiger partial charge in [-0.1, -0.05) is 6.07 Å². The van der Waals surface area contributed by atoms with Crippen LogP contribution in [0.15, 0.2) is 18.2 Å². The molecule has 3 heterocycles. The van der Waals surface area contributed by atoms with E-state index in [1.54, 1.807) is 0 Å². The van der Waals surface area contributed by atoms with Gasteiger partial charge in [-0.25, -0.2) is 0 Å². The fourth-order valence-corrected chi connectivity index (χ4v) is 4.15. The number of hydrogen-bond acceptors (Lipinski definition) is 5. The Morgan fingerprint density at radius 2 is 2.08 bits per heavy atom. The van der Waals surface area contributed by atoms with Crippen molar-refractivity contribution >= 4 is 11.8 Å². The molecule has 1 aromatic rings. The Hall–Kier alpha value is -2.28. The first-order chi connectivity index (χ1) is 12.6. The third-order valence-corrected chi connectivity index (χ3v) is 5.88. The lowest BCUT2D eigenvalue weighted by Gasteiger charge is -2.49. The van der Waals surface area contributed by atoms with Gasteiger partial charge in [-0.05, 0) is 37.6 Å². The standard InChI is InChI=1S/C19H25N3O4/c1-21-8-9-22(12-19(21)5-4-17(23)20-7-6-19)18(24)11-14-2-3-15-16(10-14)26-13-25-15/h2-3,10H,4-9,11-13H2,1H3,(H,20,23). The summed E-state index contributed by atoms with van der Waals surface area (Å²) >= 11 is 0. The summed E-state index contributed by atoms with van der Waals surface area (Å²) in [6.45, 7) is 3.15. The number of carbonyl (C=O) groups is 2. The lowest BCUT2D eigenvalue weighted by atomic mass is 9.86. The lowest BCUT2D eigenvalue weighted by molar-refractivity contribution is -0.136. The van der Waals surface area contributed by atoms with Crippen molar-refractivity contribution in [2.24, 2.45) is 0 Å². The molecule has 3 aliphatic heterocycles.